The second-order valence-electron chi connectivity index (χ2n) is 19.6. The van der Waals surface area contributed by atoms with Gasteiger partial charge in [0, 0.05) is 69.4 Å². The zero-order chi connectivity index (χ0) is 72.7. The Kier molecular flexibility index (Phi) is 27.9. The van der Waals surface area contributed by atoms with Gasteiger partial charge >= 0.3 is 24.7 Å². The summed E-state index contributed by atoms with van der Waals surface area (Å²) in [6.45, 7) is -0.822. The Bertz CT molecular complexity index is 3860. The monoisotopic (exact) mass is 1440 g/mol. The summed E-state index contributed by atoms with van der Waals surface area (Å²) in [7, 11) is 0. The van der Waals surface area contributed by atoms with Crippen LogP contribution in [-0.2, 0) is 19.2 Å². The molecule has 0 radical (unpaired) electrons. The van der Waals surface area contributed by atoms with Gasteiger partial charge < -0.3 is 42.5 Å². The smallest absolute Gasteiger partial charge is 0.356 e. The van der Waals surface area contributed by atoms with Crippen LogP contribution in [-0.4, -0.2) is 158 Å². The van der Waals surface area contributed by atoms with Crippen molar-refractivity contribution in [3.8, 4) is 45.6 Å². The van der Waals surface area contributed by atoms with E-state index in [1.807, 2.05) is 0 Å². The van der Waals surface area contributed by atoms with Gasteiger partial charge in [-0.1, -0.05) is 11.6 Å². The van der Waals surface area contributed by atoms with Crippen LogP contribution in [0.25, 0.3) is 45.6 Å². The summed E-state index contributed by atoms with van der Waals surface area (Å²) in [4.78, 5) is 92.2. The SMILES string of the molecule is C[C@H](Nc1nc(-c2ccc(F)nc2)ncc1F)C(=O)NCC(F)(F)F.C[C@H](Nc1nc(-c2cccnc2)ncc1F)C(=O)NCC(F)(F)F.C[C@H](Nc1nc(-c2ccnc(Cl)c2)ncc1F)C(=O)NCC(F)(F)F.C[C@H](Nc1nc(-c2ccncc2)ncc1F)C(=O)NCC(F)(F)F.[HH].[HH].[HH].[HH].[HH].[HH].[HH]. The van der Waals surface area contributed by atoms with Gasteiger partial charge in [0.2, 0.25) is 29.6 Å². The minimum atomic E-state index is -4.56. The third kappa shape index (κ3) is 27.1. The molecule has 0 unspecified atom stereocenters. The maximum atomic E-state index is 13.8. The van der Waals surface area contributed by atoms with Gasteiger partial charge in [-0.2, -0.15) is 57.1 Å². The number of aromatic nitrogens is 12. The lowest BCUT2D eigenvalue weighted by Gasteiger charge is -2.16. The Morgan fingerprint density at radius 1 is 0.388 bits per heavy atom. The van der Waals surface area contributed by atoms with E-state index in [1.165, 1.54) is 64.6 Å². The van der Waals surface area contributed by atoms with Crippen molar-refractivity contribution in [3.05, 3.63) is 145 Å². The number of carbonyl (C=O) groups is 4. The molecule has 0 bridgehead atoms. The fourth-order valence-corrected chi connectivity index (χ4v) is 7.09. The molecule has 8 N–H and O–H groups in total. The molecular formula is C56H64ClF17N20O4. The van der Waals surface area contributed by atoms with Crippen LogP contribution < -0.4 is 42.5 Å². The van der Waals surface area contributed by atoms with Gasteiger partial charge in [0.1, 0.15) is 55.5 Å². The first kappa shape index (κ1) is 77.8. The Labute approximate surface area is 556 Å². The quantitative estimate of drug-likeness (QED) is 0.0260. The predicted octanol–water partition coefficient (Wildman–Crippen LogP) is 11.1. The van der Waals surface area contributed by atoms with Gasteiger partial charge in [-0.05, 0) is 76.2 Å². The van der Waals surface area contributed by atoms with Gasteiger partial charge in [0.05, 0.1) is 24.8 Å². The summed E-state index contributed by atoms with van der Waals surface area (Å²) in [5.74, 6) is -8.81. The molecule has 42 heteroatoms. The number of hydrogen-bond acceptors (Lipinski definition) is 20. The maximum Gasteiger partial charge on any atom is 0.405 e. The largest absolute Gasteiger partial charge is 0.405 e. The molecule has 98 heavy (non-hydrogen) atoms. The summed E-state index contributed by atoms with van der Waals surface area (Å²) >= 11 is 5.76. The van der Waals surface area contributed by atoms with Crippen molar-refractivity contribution in [1.29, 1.82) is 0 Å². The van der Waals surface area contributed by atoms with Crippen LogP contribution in [0, 0.1) is 29.2 Å². The van der Waals surface area contributed by atoms with Crippen molar-refractivity contribution in [2.75, 3.05) is 47.4 Å². The van der Waals surface area contributed by atoms with Gasteiger partial charge in [-0.3, -0.25) is 29.1 Å². The molecule has 4 amide bonds. The molecule has 0 saturated heterocycles. The molecule has 0 aromatic carbocycles. The van der Waals surface area contributed by atoms with E-state index in [0.29, 0.717) is 22.3 Å². The summed E-state index contributed by atoms with van der Waals surface area (Å²) < 4.78 is 213. The minimum Gasteiger partial charge on any atom is -0.356 e. The molecule has 0 fully saturated rings. The molecule has 0 aliphatic heterocycles. The number of pyridine rings is 4. The van der Waals surface area contributed by atoms with Gasteiger partial charge in [0.15, 0.2) is 69.8 Å². The highest BCUT2D eigenvalue weighted by molar-refractivity contribution is 6.29. The predicted molar refractivity (Wildman–Crippen MR) is 329 cm³/mol. The molecule has 8 aromatic heterocycles. The molecule has 0 spiro atoms. The molecule has 0 aliphatic rings. The Morgan fingerprint density at radius 3 is 1.02 bits per heavy atom. The van der Waals surface area contributed by atoms with Crippen LogP contribution in [0.2, 0.25) is 5.15 Å². The molecule has 24 nitrogen and oxygen atoms in total. The van der Waals surface area contributed by atoms with E-state index < -0.39 is 128 Å². The van der Waals surface area contributed by atoms with E-state index >= 15 is 0 Å². The number of anilines is 4. The second-order valence-corrected chi connectivity index (χ2v) is 20.0. The van der Waals surface area contributed by atoms with Crippen LogP contribution in [0.4, 0.5) is 97.9 Å². The van der Waals surface area contributed by atoms with Gasteiger partial charge in [-0.15, -0.1) is 0 Å². The number of nitrogens with zero attached hydrogens (tertiary/aromatic N) is 12. The van der Waals surface area contributed by atoms with Crippen molar-refractivity contribution in [2.24, 2.45) is 0 Å². The first-order chi connectivity index (χ1) is 45.8. The molecule has 4 atom stereocenters. The standard InChI is InChI=1S/C14H12ClF4N5O.C14H12F5N5O.2C14H13F4N5O.7H2/c1-7(13(25)22-6-14(17,18)19)23-12-9(16)5-21-11(24-12)8-2-3-20-10(15)4-8;1-7(13(25)22-6-14(17,18)19)23-12-9(15)5-21-11(24-12)8-2-3-10(16)20-4-8;1-8(13(24)21-7-14(16,17)18)22-12-10(15)6-20-11(23-12)9-2-4-19-5-3-9;1-8(13(24)21-7-14(16,17)18)22-12-10(15)6-20-11(23-12)9-3-2-4-19-5-9;;;;;;;/h2*2-5,7H,6H2,1H3,(H,22,25)(H,21,23,24);2*2-6,8H,7H2,1H3,(H,21,24)(H,20,22,23);7*1H/t2*7-;2*8-;;;;;;;/m0000......./s1. The maximum absolute atomic E-state index is 13.8. The van der Waals surface area contributed by atoms with Gasteiger partial charge in [-0.25, -0.2) is 67.4 Å². The number of hydrogen-bond donors (Lipinski definition) is 8. The summed E-state index contributed by atoms with van der Waals surface area (Å²) in [6, 6.07) is 7.30. The molecular weight excluding hydrogens is 1380 g/mol. The highest BCUT2D eigenvalue weighted by Gasteiger charge is 2.32. The molecule has 0 saturated carbocycles. The summed E-state index contributed by atoms with van der Waals surface area (Å²) in [5, 5.41) is 16.6. The lowest BCUT2D eigenvalue weighted by Crippen LogP contribution is -2.42. The number of alkyl halides is 12. The van der Waals surface area contributed by atoms with E-state index in [0.717, 1.165) is 37.1 Å². The summed E-state index contributed by atoms with van der Waals surface area (Å²) in [5.41, 5.74) is 1.84. The van der Waals surface area contributed by atoms with Crippen molar-refractivity contribution in [1.82, 2.24) is 81.1 Å². The van der Waals surface area contributed by atoms with E-state index in [1.54, 1.807) is 57.8 Å². The molecule has 8 aromatic rings. The van der Waals surface area contributed by atoms with Crippen LogP contribution in [0.15, 0.2) is 110 Å². The summed E-state index contributed by atoms with van der Waals surface area (Å²) in [6.07, 6.45) is -6.09. The molecule has 538 valence electrons. The van der Waals surface area contributed by atoms with E-state index in [4.69, 9.17) is 11.6 Å². The second kappa shape index (κ2) is 35.2. The topological polar surface area (TPSA) is 319 Å². The molecule has 8 rings (SSSR count). The first-order valence-electron chi connectivity index (χ1n) is 27.4. The number of halogens is 18. The number of carbonyl (C=O) groups excluding carboxylic acids is 4. The first-order valence-corrected chi connectivity index (χ1v) is 27.8. The van der Waals surface area contributed by atoms with Crippen molar-refractivity contribution in [3.63, 3.8) is 0 Å². The number of rotatable bonds is 20. The average molecular weight is 1440 g/mol. The number of nitrogens with one attached hydrogen (secondary N) is 8. The third-order valence-corrected chi connectivity index (χ3v) is 11.9. The zero-order valence-corrected chi connectivity index (χ0v) is 51.1. The highest BCUT2D eigenvalue weighted by Crippen LogP contribution is 2.25. The highest BCUT2D eigenvalue weighted by atomic mass is 35.5. The lowest BCUT2D eigenvalue weighted by atomic mass is 10.2. The van der Waals surface area contributed by atoms with Crippen LogP contribution >= 0.6 is 11.6 Å². The number of amides is 4. The fraction of sp³-hybridized carbons (Fsp3) is 0.286. The zero-order valence-electron chi connectivity index (χ0n) is 50.3. The van der Waals surface area contributed by atoms with E-state index in [2.05, 4.69) is 81.1 Å². The van der Waals surface area contributed by atoms with Crippen LogP contribution in [0.1, 0.15) is 37.7 Å². The van der Waals surface area contributed by atoms with Crippen LogP contribution in [0.3, 0.4) is 0 Å². The van der Waals surface area contributed by atoms with Crippen molar-refractivity contribution >= 4 is 58.5 Å². The fourth-order valence-electron chi connectivity index (χ4n) is 6.92. The lowest BCUT2D eigenvalue weighted by molar-refractivity contribution is -0.138. The minimum absolute atomic E-state index is 0. The third-order valence-electron chi connectivity index (χ3n) is 11.6. The molecule has 0 aliphatic carbocycles. The van der Waals surface area contributed by atoms with E-state index in [9.17, 15) is 93.8 Å². The Balaban J connectivity index is -0.00000129. The molecule has 8 heterocycles. The average Bonchev–Trinajstić information content (AvgIpc) is 0.849. The normalized spacial score (nSPS) is 12.6. The van der Waals surface area contributed by atoms with Crippen molar-refractivity contribution in [2.45, 2.75) is 76.6 Å². The van der Waals surface area contributed by atoms with Crippen molar-refractivity contribution < 1.29 is 104 Å². The van der Waals surface area contributed by atoms with Gasteiger partial charge in [0.25, 0.3) is 0 Å². The Morgan fingerprint density at radius 2 is 0.714 bits per heavy atom. The van der Waals surface area contributed by atoms with E-state index in [-0.39, 0.29) is 61.7 Å². The van der Waals surface area contributed by atoms with Crippen LogP contribution in [0.5, 0.6) is 0 Å². The Hall–Kier alpha value is -10.9.